The van der Waals surface area contributed by atoms with Crippen molar-refractivity contribution in [1.82, 2.24) is 5.32 Å². The second-order valence-corrected chi connectivity index (χ2v) is 5.60. The number of nitrogens with one attached hydrogen (secondary N) is 1. The van der Waals surface area contributed by atoms with Crippen molar-refractivity contribution in [2.75, 3.05) is 0 Å². The molecule has 2 atom stereocenters. The molecule has 0 heterocycles. The predicted molar refractivity (Wildman–Crippen MR) is 84.3 cm³/mol. The Labute approximate surface area is 125 Å². The summed E-state index contributed by atoms with van der Waals surface area (Å²) in [7, 11) is 0. The number of benzene rings is 2. The molecule has 2 aromatic rings. The van der Waals surface area contributed by atoms with Gasteiger partial charge in [0.1, 0.15) is 5.75 Å². The third-order valence-corrected chi connectivity index (χ3v) is 3.87. The number of rotatable bonds is 4. The minimum absolute atomic E-state index is 0.0434. The Hall–Kier alpha value is -1.51. The Balaban J connectivity index is 2.15. The second-order valence-electron chi connectivity index (χ2n) is 5.19. The van der Waals surface area contributed by atoms with Gasteiger partial charge in [-0.05, 0) is 44.0 Å². The summed E-state index contributed by atoms with van der Waals surface area (Å²) >= 11 is 6.21. The van der Waals surface area contributed by atoms with Crippen molar-refractivity contribution in [3.05, 3.63) is 64.2 Å². The molecule has 0 saturated carbocycles. The number of phenols is 1. The maximum Gasteiger partial charge on any atom is 0.120 e. The number of phenolic OH excluding ortho intramolecular Hbond substituents is 1. The summed E-state index contributed by atoms with van der Waals surface area (Å²) in [6, 6.07) is 13.7. The van der Waals surface area contributed by atoms with E-state index in [1.165, 1.54) is 0 Å². The summed E-state index contributed by atoms with van der Waals surface area (Å²) < 4.78 is 0. The first kappa shape index (κ1) is 14.9. The summed E-state index contributed by atoms with van der Waals surface area (Å²) in [5, 5.41) is 14.3. The quantitative estimate of drug-likeness (QED) is 0.850. The number of aryl methyl sites for hydroxylation is 1. The first-order chi connectivity index (χ1) is 9.49. The van der Waals surface area contributed by atoms with Gasteiger partial charge in [-0.3, -0.25) is 0 Å². The lowest BCUT2D eigenvalue weighted by molar-refractivity contribution is 0.438. The van der Waals surface area contributed by atoms with Crippen LogP contribution in [-0.2, 0) is 0 Å². The smallest absolute Gasteiger partial charge is 0.120 e. The number of aromatic hydroxyl groups is 1. The fourth-order valence-electron chi connectivity index (χ4n) is 2.40. The summed E-state index contributed by atoms with van der Waals surface area (Å²) in [6.45, 7) is 6.08. The molecule has 20 heavy (non-hydrogen) atoms. The van der Waals surface area contributed by atoms with Crippen molar-refractivity contribution in [2.24, 2.45) is 0 Å². The Morgan fingerprint density at radius 2 is 1.65 bits per heavy atom. The van der Waals surface area contributed by atoms with Crippen molar-refractivity contribution < 1.29 is 5.11 Å². The first-order valence-electron chi connectivity index (χ1n) is 6.79. The van der Waals surface area contributed by atoms with Gasteiger partial charge in [0.25, 0.3) is 0 Å². The van der Waals surface area contributed by atoms with Crippen LogP contribution >= 0.6 is 11.6 Å². The monoisotopic (exact) mass is 289 g/mol. The van der Waals surface area contributed by atoms with Crippen molar-refractivity contribution in [3.8, 4) is 5.75 Å². The lowest BCUT2D eigenvalue weighted by atomic mass is 10.0. The van der Waals surface area contributed by atoms with Crippen molar-refractivity contribution in [2.45, 2.75) is 32.9 Å². The molecule has 0 aliphatic carbocycles. The molecule has 2 rings (SSSR count). The molecule has 0 fully saturated rings. The maximum atomic E-state index is 10.0. The van der Waals surface area contributed by atoms with Gasteiger partial charge < -0.3 is 10.4 Å². The molecule has 2 aromatic carbocycles. The molecule has 106 valence electrons. The molecule has 0 amide bonds. The van der Waals surface area contributed by atoms with E-state index in [4.69, 9.17) is 11.6 Å². The Kier molecular flexibility index (Phi) is 4.69. The molecule has 1 unspecified atom stereocenters. The highest BCUT2D eigenvalue weighted by Crippen LogP contribution is 2.29. The molecule has 0 aliphatic rings. The normalized spacial score (nSPS) is 14.0. The zero-order chi connectivity index (χ0) is 14.7. The van der Waals surface area contributed by atoms with Crippen LogP contribution < -0.4 is 5.32 Å². The minimum atomic E-state index is 0.0434. The zero-order valence-electron chi connectivity index (χ0n) is 12.0. The van der Waals surface area contributed by atoms with Crippen LogP contribution in [0.4, 0.5) is 0 Å². The molecule has 0 spiro atoms. The molecular formula is C17H20ClNO. The van der Waals surface area contributed by atoms with Crippen LogP contribution in [0.25, 0.3) is 0 Å². The second kappa shape index (κ2) is 6.29. The lowest BCUT2D eigenvalue weighted by Gasteiger charge is -2.22. The van der Waals surface area contributed by atoms with Gasteiger partial charge in [-0.25, -0.2) is 0 Å². The van der Waals surface area contributed by atoms with E-state index in [1.807, 2.05) is 50.2 Å². The van der Waals surface area contributed by atoms with Crippen LogP contribution in [-0.4, -0.2) is 5.11 Å². The molecule has 0 radical (unpaired) electrons. The standard InChI is InChI=1S/C17H20ClNO/c1-11-8-9-15(17(20)10-11)13(3)19-12(2)14-6-4-5-7-16(14)18/h4-10,12-13,19-20H,1-3H3/t12-,13?/m0/s1. The first-order valence-corrected chi connectivity index (χ1v) is 7.17. The van der Waals surface area contributed by atoms with Crippen LogP contribution in [0.1, 0.15) is 42.6 Å². The number of hydrogen-bond acceptors (Lipinski definition) is 2. The van der Waals surface area contributed by atoms with Crippen LogP contribution in [0.3, 0.4) is 0 Å². The van der Waals surface area contributed by atoms with Crippen LogP contribution in [0.15, 0.2) is 42.5 Å². The third-order valence-electron chi connectivity index (χ3n) is 3.52. The fraction of sp³-hybridized carbons (Fsp3) is 0.294. The van der Waals surface area contributed by atoms with Crippen molar-refractivity contribution >= 4 is 11.6 Å². The van der Waals surface area contributed by atoms with E-state index in [0.29, 0.717) is 5.75 Å². The van der Waals surface area contributed by atoms with Gasteiger partial charge in [-0.15, -0.1) is 0 Å². The average Bonchev–Trinajstić information content (AvgIpc) is 2.38. The molecule has 3 heteroatoms. The topological polar surface area (TPSA) is 32.3 Å². The van der Waals surface area contributed by atoms with E-state index < -0.39 is 0 Å². The van der Waals surface area contributed by atoms with Crippen LogP contribution in [0.5, 0.6) is 5.75 Å². The van der Waals surface area contributed by atoms with Gasteiger partial charge in [0.2, 0.25) is 0 Å². The SMILES string of the molecule is Cc1ccc(C(C)N[C@@H](C)c2ccccc2Cl)c(O)c1. The van der Waals surface area contributed by atoms with E-state index >= 15 is 0 Å². The highest BCUT2D eigenvalue weighted by atomic mass is 35.5. The van der Waals surface area contributed by atoms with Crippen molar-refractivity contribution in [1.29, 1.82) is 0 Å². The van der Waals surface area contributed by atoms with E-state index in [9.17, 15) is 5.11 Å². The van der Waals surface area contributed by atoms with E-state index in [2.05, 4.69) is 12.2 Å². The van der Waals surface area contributed by atoms with E-state index in [-0.39, 0.29) is 12.1 Å². The number of hydrogen-bond donors (Lipinski definition) is 2. The fourth-order valence-corrected chi connectivity index (χ4v) is 2.70. The molecule has 0 bridgehead atoms. The van der Waals surface area contributed by atoms with Crippen molar-refractivity contribution in [3.63, 3.8) is 0 Å². The Morgan fingerprint density at radius 3 is 2.30 bits per heavy atom. The molecule has 2 N–H and O–H groups in total. The van der Waals surface area contributed by atoms with Gasteiger partial charge >= 0.3 is 0 Å². The third kappa shape index (κ3) is 3.33. The highest BCUT2D eigenvalue weighted by molar-refractivity contribution is 6.31. The summed E-state index contributed by atoms with van der Waals surface area (Å²) in [6.07, 6.45) is 0. The van der Waals surface area contributed by atoms with Gasteiger partial charge in [-0.2, -0.15) is 0 Å². The number of halogens is 1. The largest absolute Gasteiger partial charge is 0.508 e. The lowest BCUT2D eigenvalue weighted by Crippen LogP contribution is -2.22. The maximum absolute atomic E-state index is 10.0. The van der Waals surface area contributed by atoms with E-state index in [1.54, 1.807) is 6.07 Å². The van der Waals surface area contributed by atoms with E-state index in [0.717, 1.165) is 21.7 Å². The van der Waals surface area contributed by atoms with Crippen LogP contribution in [0, 0.1) is 6.92 Å². The summed E-state index contributed by atoms with van der Waals surface area (Å²) in [5.41, 5.74) is 3.01. The summed E-state index contributed by atoms with van der Waals surface area (Å²) in [4.78, 5) is 0. The zero-order valence-corrected chi connectivity index (χ0v) is 12.8. The van der Waals surface area contributed by atoms with Gasteiger partial charge in [0.05, 0.1) is 0 Å². The highest BCUT2D eigenvalue weighted by Gasteiger charge is 2.15. The van der Waals surface area contributed by atoms with Gasteiger partial charge in [-0.1, -0.05) is 41.9 Å². The Bertz CT molecular complexity index is 597. The van der Waals surface area contributed by atoms with Gasteiger partial charge in [0, 0.05) is 22.7 Å². The summed E-state index contributed by atoms with van der Waals surface area (Å²) in [5.74, 6) is 0.330. The van der Waals surface area contributed by atoms with Gasteiger partial charge in [0.15, 0.2) is 0 Å². The average molecular weight is 290 g/mol. The molecular weight excluding hydrogens is 270 g/mol. The predicted octanol–water partition coefficient (Wildman–Crippen LogP) is 4.77. The molecule has 0 saturated heterocycles. The molecule has 0 aliphatic heterocycles. The minimum Gasteiger partial charge on any atom is -0.508 e. The van der Waals surface area contributed by atoms with Crippen LogP contribution in [0.2, 0.25) is 5.02 Å². The molecule has 2 nitrogen and oxygen atoms in total. The Morgan fingerprint density at radius 1 is 1.00 bits per heavy atom. The molecule has 0 aromatic heterocycles.